The van der Waals surface area contributed by atoms with Crippen LogP contribution >= 0.6 is 0 Å². The lowest BCUT2D eigenvalue weighted by Crippen LogP contribution is -2.53. The van der Waals surface area contributed by atoms with E-state index in [1.54, 1.807) is 6.20 Å². The van der Waals surface area contributed by atoms with Gasteiger partial charge >= 0.3 is 0 Å². The molecule has 136 valence electrons. The highest BCUT2D eigenvalue weighted by Crippen LogP contribution is 2.25. The number of carbonyl (C=O) groups is 1. The maximum Gasteiger partial charge on any atom is 0.254 e. The number of rotatable bonds is 3. The van der Waals surface area contributed by atoms with Crippen molar-refractivity contribution in [3.05, 3.63) is 65.0 Å². The van der Waals surface area contributed by atoms with Crippen molar-refractivity contribution < 1.29 is 4.79 Å². The molecule has 1 atom stereocenters. The Labute approximate surface area is 155 Å². The van der Waals surface area contributed by atoms with Crippen molar-refractivity contribution in [3.63, 3.8) is 0 Å². The number of amides is 1. The van der Waals surface area contributed by atoms with Crippen LogP contribution in [0.1, 0.15) is 40.5 Å². The molecule has 26 heavy (non-hydrogen) atoms. The maximum absolute atomic E-state index is 12.8. The van der Waals surface area contributed by atoms with Crippen molar-refractivity contribution in [1.29, 1.82) is 0 Å². The van der Waals surface area contributed by atoms with Crippen LogP contribution in [-0.2, 0) is 19.3 Å². The summed E-state index contributed by atoms with van der Waals surface area (Å²) < 4.78 is 0. The second kappa shape index (κ2) is 7.58. The molecule has 2 aliphatic rings. The third-order valence-corrected chi connectivity index (χ3v) is 5.86. The van der Waals surface area contributed by atoms with Gasteiger partial charge in [-0.15, -0.1) is 0 Å². The number of hydrogen-bond donors (Lipinski definition) is 0. The van der Waals surface area contributed by atoms with Gasteiger partial charge in [-0.1, -0.05) is 31.2 Å². The van der Waals surface area contributed by atoms with Crippen LogP contribution in [0.4, 0.5) is 0 Å². The Balaban J connectivity index is 1.36. The van der Waals surface area contributed by atoms with Crippen LogP contribution in [0.5, 0.6) is 0 Å². The van der Waals surface area contributed by atoms with Crippen molar-refractivity contribution in [3.8, 4) is 0 Å². The van der Waals surface area contributed by atoms with Crippen LogP contribution in [-0.4, -0.2) is 52.9 Å². The summed E-state index contributed by atoms with van der Waals surface area (Å²) in [5, 5.41) is 0. The summed E-state index contributed by atoms with van der Waals surface area (Å²) in [5.41, 5.74) is 4.78. The van der Waals surface area contributed by atoms with Gasteiger partial charge in [-0.25, -0.2) is 0 Å². The molecule has 0 spiro atoms. The van der Waals surface area contributed by atoms with Crippen LogP contribution in [0.25, 0.3) is 0 Å². The fraction of sp³-hybridized carbons (Fsp3) is 0.455. The van der Waals surface area contributed by atoms with Crippen molar-refractivity contribution in [2.75, 3.05) is 26.2 Å². The first-order valence-electron chi connectivity index (χ1n) is 9.79. The quantitative estimate of drug-likeness (QED) is 0.855. The lowest BCUT2D eigenvalue weighted by atomic mass is 9.87. The van der Waals surface area contributed by atoms with Gasteiger partial charge in [-0.3, -0.25) is 14.7 Å². The van der Waals surface area contributed by atoms with Crippen LogP contribution in [0.15, 0.2) is 42.6 Å². The summed E-state index contributed by atoms with van der Waals surface area (Å²) in [6, 6.07) is 13.2. The second-order valence-electron chi connectivity index (χ2n) is 7.38. The zero-order chi connectivity index (χ0) is 17.9. The van der Waals surface area contributed by atoms with E-state index in [0.717, 1.165) is 50.3 Å². The lowest BCUT2D eigenvalue weighted by Gasteiger charge is -2.41. The first kappa shape index (κ1) is 17.2. The number of aryl methyl sites for hydroxylation is 2. The molecule has 2 heterocycles. The molecule has 0 saturated carbocycles. The number of fused-ring (bicyclic) bond motifs is 1. The number of nitrogens with zero attached hydrogens (tertiary/aromatic N) is 3. The van der Waals surface area contributed by atoms with Crippen molar-refractivity contribution >= 4 is 5.91 Å². The standard InChI is InChI=1S/C22H27N3O/c1-2-20-15-19(9-10-23-20)22(26)25-13-11-24(12-14-25)21-8-7-17-5-3-4-6-18(17)16-21/h3-6,9-10,15,21H,2,7-8,11-14,16H2,1H3/t21-/m0/s1. The fourth-order valence-electron chi connectivity index (χ4n) is 4.27. The summed E-state index contributed by atoms with van der Waals surface area (Å²) in [6.45, 7) is 5.66. The average Bonchev–Trinajstić information content (AvgIpc) is 2.73. The lowest BCUT2D eigenvalue weighted by molar-refractivity contribution is 0.0553. The van der Waals surface area contributed by atoms with Crippen LogP contribution in [0.3, 0.4) is 0 Å². The van der Waals surface area contributed by atoms with E-state index in [1.807, 2.05) is 17.0 Å². The second-order valence-corrected chi connectivity index (χ2v) is 7.38. The minimum atomic E-state index is 0.149. The van der Waals surface area contributed by atoms with Gasteiger partial charge in [0.15, 0.2) is 0 Å². The molecule has 1 aliphatic heterocycles. The van der Waals surface area contributed by atoms with Crippen LogP contribution in [0.2, 0.25) is 0 Å². The molecular weight excluding hydrogens is 322 g/mol. The van der Waals surface area contributed by atoms with E-state index in [0.29, 0.717) is 6.04 Å². The highest BCUT2D eigenvalue weighted by Gasteiger charge is 2.29. The normalized spacial score (nSPS) is 20.7. The molecule has 1 fully saturated rings. The number of pyridine rings is 1. The Morgan fingerprint density at radius 1 is 1.12 bits per heavy atom. The molecule has 1 aliphatic carbocycles. The van der Waals surface area contributed by atoms with Crippen LogP contribution < -0.4 is 0 Å². The van der Waals surface area contributed by atoms with Gasteiger partial charge in [0.1, 0.15) is 0 Å². The smallest absolute Gasteiger partial charge is 0.254 e. The first-order valence-corrected chi connectivity index (χ1v) is 9.79. The van der Waals surface area contributed by atoms with E-state index in [9.17, 15) is 4.79 Å². The summed E-state index contributed by atoms with van der Waals surface area (Å²) in [7, 11) is 0. The van der Waals surface area contributed by atoms with Gasteiger partial charge in [0, 0.05) is 49.7 Å². The van der Waals surface area contributed by atoms with Crippen molar-refractivity contribution in [2.24, 2.45) is 0 Å². The van der Waals surface area contributed by atoms with E-state index >= 15 is 0 Å². The Kier molecular flexibility index (Phi) is 5.02. The van der Waals surface area contributed by atoms with Gasteiger partial charge in [0.2, 0.25) is 0 Å². The monoisotopic (exact) mass is 349 g/mol. The van der Waals surface area contributed by atoms with Gasteiger partial charge in [-0.2, -0.15) is 0 Å². The van der Waals surface area contributed by atoms with E-state index in [-0.39, 0.29) is 5.91 Å². The molecule has 1 aromatic heterocycles. The molecular formula is C22H27N3O. The van der Waals surface area contributed by atoms with E-state index < -0.39 is 0 Å². The third-order valence-electron chi connectivity index (χ3n) is 5.86. The van der Waals surface area contributed by atoms with Crippen molar-refractivity contribution in [2.45, 2.75) is 38.6 Å². The van der Waals surface area contributed by atoms with Gasteiger partial charge in [-0.05, 0) is 48.9 Å². The minimum absolute atomic E-state index is 0.149. The summed E-state index contributed by atoms with van der Waals surface area (Å²) in [5.74, 6) is 0.149. The third kappa shape index (κ3) is 3.51. The van der Waals surface area contributed by atoms with E-state index in [2.05, 4.69) is 41.1 Å². The Bertz CT molecular complexity index is 780. The molecule has 4 rings (SSSR count). The zero-order valence-corrected chi connectivity index (χ0v) is 15.5. The molecule has 0 unspecified atom stereocenters. The Hall–Kier alpha value is -2.20. The van der Waals surface area contributed by atoms with Gasteiger partial charge < -0.3 is 4.90 Å². The van der Waals surface area contributed by atoms with E-state index in [4.69, 9.17) is 0 Å². The summed E-state index contributed by atoms with van der Waals surface area (Å²) >= 11 is 0. The maximum atomic E-state index is 12.8. The fourth-order valence-corrected chi connectivity index (χ4v) is 4.27. The van der Waals surface area contributed by atoms with Crippen LogP contribution in [0, 0.1) is 0 Å². The molecule has 4 heteroatoms. The number of piperazine rings is 1. The molecule has 2 aromatic rings. The first-order chi connectivity index (χ1) is 12.7. The summed E-state index contributed by atoms with van der Waals surface area (Å²) in [4.78, 5) is 21.7. The van der Waals surface area contributed by atoms with Gasteiger partial charge in [0.05, 0.1) is 0 Å². The highest BCUT2D eigenvalue weighted by molar-refractivity contribution is 5.94. The Morgan fingerprint density at radius 3 is 2.65 bits per heavy atom. The van der Waals surface area contributed by atoms with Gasteiger partial charge in [0.25, 0.3) is 5.91 Å². The largest absolute Gasteiger partial charge is 0.336 e. The van der Waals surface area contributed by atoms with E-state index in [1.165, 1.54) is 24.0 Å². The number of aromatic nitrogens is 1. The molecule has 1 saturated heterocycles. The minimum Gasteiger partial charge on any atom is -0.336 e. The number of carbonyl (C=O) groups excluding carboxylic acids is 1. The molecule has 0 radical (unpaired) electrons. The summed E-state index contributed by atoms with van der Waals surface area (Å²) in [6.07, 6.45) is 6.17. The number of hydrogen-bond acceptors (Lipinski definition) is 3. The predicted molar refractivity (Wildman–Crippen MR) is 103 cm³/mol. The van der Waals surface area contributed by atoms with Crippen molar-refractivity contribution in [1.82, 2.24) is 14.8 Å². The average molecular weight is 349 g/mol. The molecule has 0 bridgehead atoms. The molecule has 1 aromatic carbocycles. The zero-order valence-electron chi connectivity index (χ0n) is 15.5. The number of benzene rings is 1. The Morgan fingerprint density at radius 2 is 1.88 bits per heavy atom. The SMILES string of the molecule is CCc1cc(C(=O)N2CCN([C@H]3CCc4ccccc4C3)CC2)ccn1. The predicted octanol–water partition coefficient (Wildman–Crippen LogP) is 2.96. The molecule has 4 nitrogen and oxygen atoms in total. The molecule has 1 amide bonds. The molecule has 0 N–H and O–H groups in total. The topological polar surface area (TPSA) is 36.4 Å². The highest BCUT2D eigenvalue weighted by atomic mass is 16.2.